The van der Waals surface area contributed by atoms with E-state index in [0.29, 0.717) is 10.0 Å². The standard InChI is InChI=1S/C14H14BrNO3S/c1-9-7-10(2)14(17)12(8-9)16-20(18,19)13-6-4-3-5-11(13)15/h3-8,16-17H,1-2H3. The molecule has 106 valence electrons. The largest absolute Gasteiger partial charge is 0.505 e. The summed E-state index contributed by atoms with van der Waals surface area (Å²) in [6, 6.07) is 9.89. The van der Waals surface area contributed by atoms with Crippen LogP contribution in [0.1, 0.15) is 11.1 Å². The fourth-order valence-electron chi connectivity index (χ4n) is 1.90. The van der Waals surface area contributed by atoms with Gasteiger partial charge in [-0.05, 0) is 59.1 Å². The zero-order valence-electron chi connectivity index (χ0n) is 11.0. The molecule has 0 unspecified atom stereocenters. The molecule has 0 amide bonds. The highest BCUT2D eigenvalue weighted by molar-refractivity contribution is 9.10. The Hall–Kier alpha value is -1.53. The van der Waals surface area contributed by atoms with Crippen LogP contribution in [-0.4, -0.2) is 13.5 Å². The van der Waals surface area contributed by atoms with Crippen LogP contribution < -0.4 is 4.72 Å². The molecule has 2 N–H and O–H groups in total. The maximum absolute atomic E-state index is 12.3. The van der Waals surface area contributed by atoms with Crippen molar-refractivity contribution in [2.75, 3.05) is 4.72 Å². The molecular formula is C14H14BrNO3S. The number of rotatable bonds is 3. The van der Waals surface area contributed by atoms with Gasteiger partial charge in [0.05, 0.1) is 5.69 Å². The maximum atomic E-state index is 12.3. The van der Waals surface area contributed by atoms with Crippen LogP contribution in [0.3, 0.4) is 0 Å². The van der Waals surface area contributed by atoms with Crippen molar-refractivity contribution in [3.8, 4) is 5.75 Å². The van der Waals surface area contributed by atoms with Gasteiger partial charge in [-0.25, -0.2) is 8.42 Å². The first-order valence-electron chi connectivity index (χ1n) is 5.89. The predicted molar refractivity (Wildman–Crippen MR) is 82.5 cm³/mol. The first kappa shape index (κ1) is 14.9. The van der Waals surface area contributed by atoms with E-state index in [-0.39, 0.29) is 16.3 Å². The van der Waals surface area contributed by atoms with Crippen LogP contribution in [0, 0.1) is 13.8 Å². The molecular weight excluding hydrogens is 342 g/mol. The summed E-state index contributed by atoms with van der Waals surface area (Å²) >= 11 is 3.21. The van der Waals surface area contributed by atoms with E-state index in [1.54, 1.807) is 37.3 Å². The summed E-state index contributed by atoms with van der Waals surface area (Å²) in [7, 11) is -3.76. The van der Waals surface area contributed by atoms with Crippen LogP contribution in [0.2, 0.25) is 0 Å². The smallest absolute Gasteiger partial charge is 0.263 e. The third kappa shape index (κ3) is 2.96. The number of phenolic OH excluding ortho intramolecular Hbond substituents is 1. The first-order valence-corrected chi connectivity index (χ1v) is 8.16. The number of anilines is 1. The Labute approximate surface area is 126 Å². The molecule has 4 nitrogen and oxygen atoms in total. The van der Waals surface area contributed by atoms with Crippen LogP contribution >= 0.6 is 15.9 Å². The number of aromatic hydroxyl groups is 1. The van der Waals surface area contributed by atoms with E-state index >= 15 is 0 Å². The minimum atomic E-state index is -3.76. The van der Waals surface area contributed by atoms with Gasteiger partial charge in [0.1, 0.15) is 10.6 Å². The van der Waals surface area contributed by atoms with E-state index in [9.17, 15) is 13.5 Å². The Morgan fingerprint density at radius 2 is 1.80 bits per heavy atom. The lowest BCUT2D eigenvalue weighted by Gasteiger charge is -2.13. The van der Waals surface area contributed by atoms with Crippen molar-refractivity contribution in [2.24, 2.45) is 0 Å². The lowest BCUT2D eigenvalue weighted by Crippen LogP contribution is -2.14. The molecule has 0 spiro atoms. The van der Waals surface area contributed by atoms with Crippen LogP contribution in [0.15, 0.2) is 45.8 Å². The number of aryl methyl sites for hydroxylation is 2. The van der Waals surface area contributed by atoms with Gasteiger partial charge in [0, 0.05) is 4.47 Å². The molecule has 0 saturated carbocycles. The molecule has 0 aliphatic carbocycles. The highest BCUT2D eigenvalue weighted by Crippen LogP contribution is 2.31. The van der Waals surface area contributed by atoms with E-state index in [4.69, 9.17) is 0 Å². The van der Waals surface area contributed by atoms with Gasteiger partial charge in [-0.3, -0.25) is 4.72 Å². The fraction of sp³-hybridized carbons (Fsp3) is 0.143. The van der Waals surface area contributed by atoms with Crippen molar-refractivity contribution >= 4 is 31.6 Å². The van der Waals surface area contributed by atoms with Crippen molar-refractivity contribution in [1.82, 2.24) is 0 Å². The number of benzene rings is 2. The van der Waals surface area contributed by atoms with E-state index < -0.39 is 10.0 Å². The normalized spacial score (nSPS) is 11.3. The molecule has 0 aliphatic heterocycles. The fourth-order valence-corrected chi connectivity index (χ4v) is 3.96. The molecule has 0 aliphatic rings. The zero-order chi connectivity index (χ0) is 14.9. The average molecular weight is 356 g/mol. The lowest BCUT2D eigenvalue weighted by molar-refractivity contribution is 0.473. The molecule has 0 bridgehead atoms. The number of hydrogen-bond acceptors (Lipinski definition) is 3. The second kappa shape index (κ2) is 5.46. The van der Waals surface area contributed by atoms with E-state index in [0.717, 1.165) is 5.56 Å². The van der Waals surface area contributed by atoms with Crippen LogP contribution in [-0.2, 0) is 10.0 Å². The minimum Gasteiger partial charge on any atom is -0.505 e. The molecule has 0 aromatic heterocycles. The van der Waals surface area contributed by atoms with Gasteiger partial charge in [-0.15, -0.1) is 0 Å². The Morgan fingerprint density at radius 3 is 2.45 bits per heavy atom. The predicted octanol–water partition coefficient (Wildman–Crippen LogP) is 3.57. The molecule has 0 fully saturated rings. The van der Waals surface area contributed by atoms with Crippen molar-refractivity contribution < 1.29 is 13.5 Å². The van der Waals surface area contributed by atoms with Crippen molar-refractivity contribution in [1.29, 1.82) is 0 Å². The monoisotopic (exact) mass is 355 g/mol. The Bertz CT molecular complexity index is 757. The van der Waals surface area contributed by atoms with E-state index in [1.807, 2.05) is 6.92 Å². The Kier molecular flexibility index (Phi) is 4.06. The van der Waals surface area contributed by atoms with Gasteiger partial charge in [0.25, 0.3) is 10.0 Å². The number of nitrogens with one attached hydrogen (secondary N) is 1. The number of hydrogen-bond donors (Lipinski definition) is 2. The summed E-state index contributed by atoms with van der Waals surface area (Å²) in [5, 5.41) is 9.96. The summed E-state index contributed by atoms with van der Waals surface area (Å²) in [6.07, 6.45) is 0. The molecule has 20 heavy (non-hydrogen) atoms. The average Bonchev–Trinajstić information content (AvgIpc) is 2.35. The molecule has 0 atom stereocenters. The number of halogens is 1. The SMILES string of the molecule is Cc1cc(C)c(O)c(NS(=O)(=O)c2ccccc2Br)c1. The summed E-state index contributed by atoms with van der Waals surface area (Å²) in [5.74, 6) is -0.0637. The van der Waals surface area contributed by atoms with Crippen molar-refractivity contribution in [3.05, 3.63) is 52.0 Å². The van der Waals surface area contributed by atoms with Gasteiger partial charge in [-0.1, -0.05) is 18.2 Å². The van der Waals surface area contributed by atoms with Gasteiger partial charge in [-0.2, -0.15) is 0 Å². The summed E-state index contributed by atoms with van der Waals surface area (Å²) < 4.78 is 27.6. The van der Waals surface area contributed by atoms with Crippen LogP contribution in [0.5, 0.6) is 5.75 Å². The van der Waals surface area contributed by atoms with Gasteiger partial charge in [0.2, 0.25) is 0 Å². The minimum absolute atomic E-state index is 0.0637. The zero-order valence-corrected chi connectivity index (χ0v) is 13.4. The topological polar surface area (TPSA) is 66.4 Å². The van der Waals surface area contributed by atoms with Gasteiger partial charge in [0.15, 0.2) is 0 Å². The van der Waals surface area contributed by atoms with Gasteiger partial charge < -0.3 is 5.11 Å². The third-order valence-corrected chi connectivity index (χ3v) is 5.19. The van der Waals surface area contributed by atoms with Crippen molar-refractivity contribution in [2.45, 2.75) is 18.7 Å². The summed E-state index contributed by atoms with van der Waals surface area (Å²) in [4.78, 5) is 0.124. The quantitative estimate of drug-likeness (QED) is 0.827. The molecule has 6 heteroatoms. The summed E-state index contributed by atoms with van der Waals surface area (Å²) in [6.45, 7) is 3.56. The van der Waals surface area contributed by atoms with E-state index in [2.05, 4.69) is 20.7 Å². The third-order valence-electron chi connectivity index (χ3n) is 2.82. The first-order chi connectivity index (χ1) is 9.31. The Morgan fingerprint density at radius 1 is 1.15 bits per heavy atom. The van der Waals surface area contributed by atoms with Crippen molar-refractivity contribution in [3.63, 3.8) is 0 Å². The molecule has 0 heterocycles. The molecule has 2 rings (SSSR count). The summed E-state index contributed by atoms with van der Waals surface area (Å²) in [5.41, 5.74) is 1.67. The second-order valence-electron chi connectivity index (χ2n) is 4.51. The lowest BCUT2D eigenvalue weighted by atomic mass is 10.1. The van der Waals surface area contributed by atoms with Crippen LogP contribution in [0.4, 0.5) is 5.69 Å². The van der Waals surface area contributed by atoms with E-state index in [1.165, 1.54) is 6.07 Å². The molecule has 2 aromatic rings. The second-order valence-corrected chi connectivity index (χ2v) is 7.02. The maximum Gasteiger partial charge on any atom is 0.263 e. The number of phenols is 1. The van der Waals surface area contributed by atoms with Gasteiger partial charge >= 0.3 is 0 Å². The Balaban J connectivity index is 2.47. The highest BCUT2D eigenvalue weighted by atomic mass is 79.9. The number of sulfonamides is 1. The highest BCUT2D eigenvalue weighted by Gasteiger charge is 2.19. The molecule has 0 radical (unpaired) electrons. The van der Waals surface area contributed by atoms with Crippen LogP contribution in [0.25, 0.3) is 0 Å². The molecule has 2 aromatic carbocycles. The molecule has 0 saturated heterocycles.